The van der Waals surface area contributed by atoms with E-state index in [0.717, 1.165) is 48.3 Å². The fourth-order valence-corrected chi connectivity index (χ4v) is 2.92. The van der Waals surface area contributed by atoms with Crippen molar-refractivity contribution in [2.75, 3.05) is 18.1 Å². The summed E-state index contributed by atoms with van der Waals surface area (Å²) in [5.74, 6) is 1.57. The molecule has 3 aromatic rings. The Morgan fingerprint density at radius 2 is 1.46 bits per heavy atom. The Morgan fingerprint density at radius 3 is 2.19 bits per heavy atom. The second-order valence-electron chi connectivity index (χ2n) is 6.13. The molecule has 3 rings (SSSR count). The molecule has 0 aliphatic carbocycles. The van der Waals surface area contributed by atoms with Crippen LogP contribution < -0.4 is 16.2 Å². The van der Waals surface area contributed by atoms with Crippen LogP contribution in [0.15, 0.2) is 60.7 Å². The Morgan fingerprint density at radius 1 is 0.769 bits per heavy atom. The van der Waals surface area contributed by atoms with E-state index >= 15 is 0 Å². The molecule has 0 saturated heterocycles. The summed E-state index contributed by atoms with van der Waals surface area (Å²) in [6.07, 6.45) is 3.84. The van der Waals surface area contributed by atoms with Gasteiger partial charge in [0, 0.05) is 5.56 Å². The lowest BCUT2D eigenvalue weighted by Gasteiger charge is -2.12. The number of aryl methyl sites for hydroxylation is 1. The molecule has 0 fully saturated rings. The zero-order valence-corrected chi connectivity index (χ0v) is 14.8. The maximum absolute atomic E-state index is 6.12. The first-order chi connectivity index (χ1) is 12.7. The molecular formula is C21H24N4O. The molecule has 0 aliphatic rings. The molecule has 5 nitrogen and oxygen atoms in total. The van der Waals surface area contributed by atoms with Gasteiger partial charge in [0.2, 0.25) is 5.95 Å². The second kappa shape index (κ2) is 8.85. The van der Waals surface area contributed by atoms with Crippen LogP contribution in [0, 0.1) is 0 Å². The smallest absolute Gasteiger partial charge is 0.222 e. The molecule has 26 heavy (non-hydrogen) atoms. The second-order valence-corrected chi connectivity index (χ2v) is 6.13. The number of anilines is 2. The van der Waals surface area contributed by atoms with Gasteiger partial charge in [-0.2, -0.15) is 4.98 Å². The quantitative estimate of drug-likeness (QED) is 0.598. The van der Waals surface area contributed by atoms with E-state index < -0.39 is 0 Å². The van der Waals surface area contributed by atoms with Crippen molar-refractivity contribution in [1.29, 1.82) is 0 Å². The Hall–Kier alpha value is -3.08. The van der Waals surface area contributed by atoms with Crippen molar-refractivity contribution < 1.29 is 4.74 Å². The van der Waals surface area contributed by atoms with Crippen LogP contribution in [0.1, 0.15) is 25.0 Å². The molecule has 0 amide bonds. The van der Waals surface area contributed by atoms with Gasteiger partial charge in [0.25, 0.3) is 0 Å². The van der Waals surface area contributed by atoms with Gasteiger partial charge in [-0.3, -0.25) is 0 Å². The lowest BCUT2D eigenvalue weighted by molar-refractivity contribution is 0.305. The van der Waals surface area contributed by atoms with Crippen LogP contribution in [-0.2, 0) is 6.42 Å². The minimum Gasteiger partial charge on any atom is -0.494 e. The zero-order valence-electron chi connectivity index (χ0n) is 14.8. The predicted octanol–water partition coefficient (Wildman–Crippen LogP) is 4.10. The average Bonchev–Trinajstić information content (AvgIpc) is 2.65. The van der Waals surface area contributed by atoms with E-state index in [9.17, 15) is 0 Å². The Bertz CT molecular complexity index is 822. The molecular weight excluding hydrogens is 324 g/mol. The molecule has 5 heteroatoms. The number of benzene rings is 2. The van der Waals surface area contributed by atoms with E-state index in [1.165, 1.54) is 0 Å². The molecule has 0 aliphatic heterocycles. The van der Waals surface area contributed by atoms with Crippen LogP contribution in [-0.4, -0.2) is 16.6 Å². The van der Waals surface area contributed by atoms with Gasteiger partial charge in [0.05, 0.1) is 12.3 Å². The number of rotatable bonds is 8. The summed E-state index contributed by atoms with van der Waals surface area (Å²) < 4.78 is 5.72. The number of hydrogen-bond donors (Lipinski definition) is 2. The first-order valence-electron chi connectivity index (χ1n) is 8.89. The fourth-order valence-electron chi connectivity index (χ4n) is 2.92. The predicted molar refractivity (Wildman–Crippen MR) is 106 cm³/mol. The molecule has 1 heterocycles. The summed E-state index contributed by atoms with van der Waals surface area (Å²) in [6.45, 7) is 0.712. The summed E-state index contributed by atoms with van der Waals surface area (Å²) in [5.41, 5.74) is 14.7. The van der Waals surface area contributed by atoms with Crippen molar-refractivity contribution in [2.24, 2.45) is 0 Å². The third-order valence-corrected chi connectivity index (χ3v) is 4.16. The highest BCUT2D eigenvalue weighted by molar-refractivity contribution is 5.76. The number of nitrogens with two attached hydrogens (primary N) is 2. The maximum atomic E-state index is 6.12. The van der Waals surface area contributed by atoms with Crippen LogP contribution in [0.4, 0.5) is 11.8 Å². The topological polar surface area (TPSA) is 87.0 Å². The minimum absolute atomic E-state index is 0.226. The Balaban J connectivity index is 1.56. The summed E-state index contributed by atoms with van der Waals surface area (Å²) >= 11 is 0. The standard InChI is InChI=1S/C21H24N4O/c22-20-19(16-10-4-1-5-11-16)18(24-21(23)25-20)14-8-3-9-15-26-17-12-6-2-7-13-17/h1-2,4-7,10-13H,3,8-9,14-15H2,(H4,22,23,24,25). The molecule has 2 aromatic carbocycles. The highest BCUT2D eigenvalue weighted by Gasteiger charge is 2.13. The van der Waals surface area contributed by atoms with Gasteiger partial charge in [0.15, 0.2) is 0 Å². The van der Waals surface area contributed by atoms with Crippen LogP contribution in [0.25, 0.3) is 11.1 Å². The summed E-state index contributed by atoms with van der Waals surface area (Å²) in [7, 11) is 0. The van der Waals surface area contributed by atoms with Crippen molar-refractivity contribution in [2.45, 2.75) is 25.7 Å². The van der Waals surface area contributed by atoms with Crippen LogP contribution in [0.2, 0.25) is 0 Å². The van der Waals surface area contributed by atoms with Crippen molar-refractivity contribution in [1.82, 2.24) is 9.97 Å². The molecule has 134 valence electrons. The molecule has 0 atom stereocenters. The third kappa shape index (κ3) is 4.72. The number of aromatic nitrogens is 2. The highest BCUT2D eigenvalue weighted by Crippen LogP contribution is 2.29. The van der Waals surface area contributed by atoms with E-state index in [4.69, 9.17) is 16.2 Å². The van der Waals surface area contributed by atoms with E-state index in [1.54, 1.807) is 0 Å². The van der Waals surface area contributed by atoms with Crippen LogP contribution in [0.5, 0.6) is 5.75 Å². The van der Waals surface area contributed by atoms with Gasteiger partial charge in [0.1, 0.15) is 11.6 Å². The minimum atomic E-state index is 0.226. The largest absolute Gasteiger partial charge is 0.494 e. The van der Waals surface area contributed by atoms with E-state index in [1.807, 2.05) is 60.7 Å². The molecule has 0 radical (unpaired) electrons. The lowest BCUT2D eigenvalue weighted by atomic mass is 10.0. The molecule has 0 spiro atoms. The van der Waals surface area contributed by atoms with Gasteiger partial charge in [-0.1, -0.05) is 48.5 Å². The zero-order chi connectivity index (χ0) is 18.2. The molecule has 0 unspecified atom stereocenters. The SMILES string of the molecule is Nc1nc(N)c(-c2ccccc2)c(CCCCCOc2ccccc2)n1. The normalized spacial score (nSPS) is 10.6. The van der Waals surface area contributed by atoms with Crippen molar-refractivity contribution in [3.05, 3.63) is 66.4 Å². The van der Waals surface area contributed by atoms with E-state index in [-0.39, 0.29) is 5.95 Å². The summed E-state index contributed by atoms with van der Waals surface area (Å²) in [4.78, 5) is 8.56. The first kappa shape index (κ1) is 17.7. The Labute approximate surface area is 154 Å². The maximum Gasteiger partial charge on any atom is 0.222 e. The number of nitrogen functional groups attached to an aromatic ring is 2. The number of ether oxygens (including phenoxy) is 1. The molecule has 1 aromatic heterocycles. The number of hydrogen-bond acceptors (Lipinski definition) is 5. The molecule has 0 saturated carbocycles. The summed E-state index contributed by atoms with van der Waals surface area (Å²) in [6, 6.07) is 19.9. The number of unbranched alkanes of at least 4 members (excludes halogenated alkanes) is 2. The van der Waals surface area contributed by atoms with Gasteiger partial charge in [-0.15, -0.1) is 0 Å². The van der Waals surface area contributed by atoms with Crippen LogP contribution >= 0.6 is 0 Å². The highest BCUT2D eigenvalue weighted by atomic mass is 16.5. The number of nitrogens with zero attached hydrogens (tertiary/aromatic N) is 2. The van der Waals surface area contributed by atoms with Gasteiger partial charge in [-0.25, -0.2) is 4.98 Å². The molecule has 0 bridgehead atoms. The Kier molecular flexibility index (Phi) is 6.04. The van der Waals surface area contributed by atoms with Gasteiger partial charge in [-0.05, 0) is 43.4 Å². The van der Waals surface area contributed by atoms with Crippen molar-refractivity contribution in [3.8, 4) is 16.9 Å². The van der Waals surface area contributed by atoms with Gasteiger partial charge >= 0.3 is 0 Å². The first-order valence-corrected chi connectivity index (χ1v) is 8.89. The van der Waals surface area contributed by atoms with E-state index in [2.05, 4.69) is 9.97 Å². The average molecular weight is 348 g/mol. The summed E-state index contributed by atoms with van der Waals surface area (Å²) in [5, 5.41) is 0. The van der Waals surface area contributed by atoms with Crippen LogP contribution in [0.3, 0.4) is 0 Å². The number of para-hydroxylation sites is 1. The third-order valence-electron chi connectivity index (χ3n) is 4.16. The van der Waals surface area contributed by atoms with Crippen molar-refractivity contribution in [3.63, 3.8) is 0 Å². The molecule has 4 N–H and O–H groups in total. The van der Waals surface area contributed by atoms with Crippen molar-refractivity contribution >= 4 is 11.8 Å². The monoisotopic (exact) mass is 348 g/mol. The fraction of sp³-hybridized carbons (Fsp3) is 0.238. The van der Waals surface area contributed by atoms with Gasteiger partial charge < -0.3 is 16.2 Å². The lowest BCUT2D eigenvalue weighted by Crippen LogP contribution is -2.07. The van der Waals surface area contributed by atoms with E-state index in [0.29, 0.717) is 12.4 Å².